The number of hydrogen-bond acceptors (Lipinski definition) is 3. The maximum atomic E-state index is 12.3. The summed E-state index contributed by atoms with van der Waals surface area (Å²) < 4.78 is 0. The molecule has 0 saturated heterocycles. The fourth-order valence-corrected chi connectivity index (χ4v) is 2.11. The summed E-state index contributed by atoms with van der Waals surface area (Å²) in [4.78, 5) is 24.9. The molecular weight excluding hydrogens is 264 g/mol. The lowest BCUT2D eigenvalue weighted by Crippen LogP contribution is -2.25. The van der Waals surface area contributed by atoms with E-state index in [1.54, 1.807) is 24.3 Å². The highest BCUT2D eigenvalue weighted by atomic mass is 16.1. The Hall–Kier alpha value is -2.62. The molecule has 0 aliphatic heterocycles. The van der Waals surface area contributed by atoms with E-state index in [1.807, 2.05) is 43.3 Å². The zero-order chi connectivity index (χ0) is 15.2. The second kappa shape index (κ2) is 6.70. The fraction of sp³-hybridized carbons (Fsp3) is 0.176. The second-order valence-corrected chi connectivity index (χ2v) is 4.96. The lowest BCUT2D eigenvalue weighted by molar-refractivity contribution is 0.0951. The third kappa shape index (κ3) is 3.69. The lowest BCUT2D eigenvalue weighted by Gasteiger charge is -2.17. The number of carbonyl (C=O) groups is 2. The number of carbonyl (C=O) groups excluding carboxylic acids is 2. The molecule has 0 atom stereocenters. The first kappa shape index (κ1) is 14.8. The van der Waals surface area contributed by atoms with Gasteiger partial charge in [0.1, 0.15) is 6.29 Å². The largest absolute Gasteiger partial charge is 0.377 e. The van der Waals surface area contributed by atoms with E-state index in [1.165, 1.54) is 0 Å². The molecule has 2 aromatic carbocycles. The van der Waals surface area contributed by atoms with Crippen LogP contribution in [0.1, 0.15) is 26.3 Å². The highest BCUT2D eigenvalue weighted by Gasteiger charge is 2.11. The number of benzene rings is 2. The molecule has 0 aliphatic carbocycles. The van der Waals surface area contributed by atoms with Crippen molar-refractivity contribution in [3.63, 3.8) is 0 Å². The minimum Gasteiger partial charge on any atom is -0.377 e. The molecule has 0 fully saturated rings. The third-order valence-corrected chi connectivity index (χ3v) is 3.17. The van der Waals surface area contributed by atoms with E-state index in [0.717, 1.165) is 17.5 Å². The molecule has 108 valence electrons. The van der Waals surface area contributed by atoms with Crippen molar-refractivity contribution in [3.8, 4) is 0 Å². The number of nitrogens with one attached hydrogen (secondary N) is 1. The van der Waals surface area contributed by atoms with Crippen molar-refractivity contribution in [3.05, 3.63) is 65.2 Å². The molecule has 21 heavy (non-hydrogen) atoms. The van der Waals surface area contributed by atoms with Crippen molar-refractivity contribution >= 4 is 17.9 Å². The van der Waals surface area contributed by atoms with E-state index in [2.05, 4.69) is 5.32 Å². The molecule has 0 bridgehead atoms. The van der Waals surface area contributed by atoms with Crippen molar-refractivity contribution in [1.82, 2.24) is 5.32 Å². The van der Waals surface area contributed by atoms with Crippen LogP contribution in [-0.4, -0.2) is 26.3 Å². The van der Waals surface area contributed by atoms with Crippen LogP contribution in [0, 0.1) is 0 Å². The SMILES string of the molecule is CN(C)c1ccccc1C(=O)NCc1cccc(C=O)c1. The maximum absolute atomic E-state index is 12.3. The number of para-hydroxylation sites is 1. The van der Waals surface area contributed by atoms with E-state index >= 15 is 0 Å². The van der Waals surface area contributed by atoms with Crippen LogP contribution in [-0.2, 0) is 6.54 Å². The Morgan fingerprint density at radius 3 is 2.62 bits per heavy atom. The Morgan fingerprint density at radius 2 is 1.90 bits per heavy atom. The number of hydrogen-bond donors (Lipinski definition) is 1. The van der Waals surface area contributed by atoms with Crippen LogP contribution in [0.2, 0.25) is 0 Å². The molecule has 0 aliphatic rings. The molecule has 2 rings (SSSR count). The molecule has 0 radical (unpaired) electrons. The third-order valence-electron chi connectivity index (χ3n) is 3.17. The summed E-state index contributed by atoms with van der Waals surface area (Å²) >= 11 is 0. The molecule has 4 nitrogen and oxygen atoms in total. The molecule has 4 heteroatoms. The van der Waals surface area contributed by atoms with E-state index < -0.39 is 0 Å². The minimum absolute atomic E-state index is 0.129. The van der Waals surface area contributed by atoms with Gasteiger partial charge in [-0.25, -0.2) is 0 Å². The Bertz CT molecular complexity index is 651. The van der Waals surface area contributed by atoms with Gasteiger partial charge in [0.05, 0.1) is 5.56 Å². The maximum Gasteiger partial charge on any atom is 0.253 e. The first-order valence-corrected chi connectivity index (χ1v) is 6.70. The van der Waals surface area contributed by atoms with Gasteiger partial charge in [-0.05, 0) is 23.8 Å². The number of nitrogens with zero attached hydrogens (tertiary/aromatic N) is 1. The molecule has 0 saturated carbocycles. The van der Waals surface area contributed by atoms with Crippen LogP contribution in [0.25, 0.3) is 0 Å². The van der Waals surface area contributed by atoms with Crippen molar-refractivity contribution in [2.75, 3.05) is 19.0 Å². The van der Waals surface area contributed by atoms with E-state index in [0.29, 0.717) is 17.7 Å². The minimum atomic E-state index is -0.129. The standard InChI is InChI=1S/C17H18N2O2/c1-19(2)16-9-4-3-8-15(16)17(21)18-11-13-6-5-7-14(10-13)12-20/h3-10,12H,11H2,1-2H3,(H,18,21). The Kier molecular flexibility index (Phi) is 4.72. The average Bonchev–Trinajstić information content (AvgIpc) is 2.52. The van der Waals surface area contributed by atoms with Crippen LogP contribution in [0.5, 0.6) is 0 Å². The number of aldehydes is 1. The summed E-state index contributed by atoms with van der Waals surface area (Å²) in [5.41, 5.74) is 3.01. The van der Waals surface area contributed by atoms with Crippen LogP contribution < -0.4 is 10.2 Å². The molecule has 1 N–H and O–H groups in total. The zero-order valence-corrected chi connectivity index (χ0v) is 12.2. The molecule has 0 heterocycles. The van der Waals surface area contributed by atoms with Gasteiger partial charge < -0.3 is 10.2 Å². The zero-order valence-electron chi connectivity index (χ0n) is 12.2. The predicted molar refractivity (Wildman–Crippen MR) is 83.8 cm³/mol. The van der Waals surface area contributed by atoms with Gasteiger partial charge in [-0.1, -0.05) is 30.3 Å². The van der Waals surface area contributed by atoms with Crippen molar-refractivity contribution < 1.29 is 9.59 Å². The highest BCUT2D eigenvalue weighted by Crippen LogP contribution is 2.17. The van der Waals surface area contributed by atoms with Gasteiger partial charge in [0, 0.05) is 31.9 Å². The molecular formula is C17H18N2O2. The first-order chi connectivity index (χ1) is 10.1. The summed E-state index contributed by atoms with van der Waals surface area (Å²) in [6, 6.07) is 14.6. The highest BCUT2D eigenvalue weighted by molar-refractivity contribution is 5.99. The molecule has 0 aromatic heterocycles. The Morgan fingerprint density at radius 1 is 1.14 bits per heavy atom. The Balaban J connectivity index is 2.10. The average molecular weight is 282 g/mol. The lowest BCUT2D eigenvalue weighted by atomic mass is 10.1. The van der Waals surface area contributed by atoms with Gasteiger partial charge in [0.15, 0.2) is 0 Å². The normalized spacial score (nSPS) is 10.0. The quantitative estimate of drug-likeness (QED) is 0.857. The van der Waals surface area contributed by atoms with E-state index in [-0.39, 0.29) is 5.91 Å². The van der Waals surface area contributed by atoms with Gasteiger partial charge in [-0.15, -0.1) is 0 Å². The van der Waals surface area contributed by atoms with Crippen molar-refractivity contribution in [2.45, 2.75) is 6.54 Å². The molecule has 0 spiro atoms. The monoisotopic (exact) mass is 282 g/mol. The summed E-state index contributed by atoms with van der Waals surface area (Å²) in [6.07, 6.45) is 0.798. The van der Waals surface area contributed by atoms with Crippen LogP contribution in [0.4, 0.5) is 5.69 Å². The first-order valence-electron chi connectivity index (χ1n) is 6.70. The molecule has 2 aromatic rings. The van der Waals surface area contributed by atoms with Crippen LogP contribution in [0.3, 0.4) is 0 Å². The van der Waals surface area contributed by atoms with Crippen LogP contribution >= 0.6 is 0 Å². The smallest absolute Gasteiger partial charge is 0.253 e. The fourth-order valence-electron chi connectivity index (χ4n) is 2.11. The second-order valence-electron chi connectivity index (χ2n) is 4.96. The summed E-state index contributed by atoms with van der Waals surface area (Å²) in [5, 5.41) is 2.88. The molecule has 1 amide bonds. The summed E-state index contributed by atoms with van der Waals surface area (Å²) in [6.45, 7) is 0.391. The van der Waals surface area contributed by atoms with Gasteiger partial charge in [-0.3, -0.25) is 9.59 Å². The predicted octanol–water partition coefficient (Wildman–Crippen LogP) is 2.50. The topological polar surface area (TPSA) is 49.4 Å². The number of anilines is 1. The van der Waals surface area contributed by atoms with Crippen molar-refractivity contribution in [1.29, 1.82) is 0 Å². The van der Waals surface area contributed by atoms with Gasteiger partial charge in [0.25, 0.3) is 5.91 Å². The van der Waals surface area contributed by atoms with Gasteiger partial charge in [-0.2, -0.15) is 0 Å². The summed E-state index contributed by atoms with van der Waals surface area (Å²) in [5.74, 6) is -0.129. The van der Waals surface area contributed by atoms with E-state index in [4.69, 9.17) is 0 Å². The summed E-state index contributed by atoms with van der Waals surface area (Å²) in [7, 11) is 3.80. The number of amides is 1. The van der Waals surface area contributed by atoms with Crippen LogP contribution in [0.15, 0.2) is 48.5 Å². The van der Waals surface area contributed by atoms with Gasteiger partial charge in [0.2, 0.25) is 0 Å². The number of rotatable bonds is 5. The van der Waals surface area contributed by atoms with Crippen molar-refractivity contribution in [2.24, 2.45) is 0 Å². The molecule has 0 unspecified atom stereocenters. The van der Waals surface area contributed by atoms with Gasteiger partial charge >= 0.3 is 0 Å². The van der Waals surface area contributed by atoms with E-state index in [9.17, 15) is 9.59 Å². The Labute approximate surface area is 124 Å².